The highest BCUT2D eigenvalue weighted by atomic mass is 16.5. The topological polar surface area (TPSA) is 42.0 Å². The molecule has 5 heteroatoms. The highest BCUT2D eigenvalue weighted by Crippen LogP contribution is 2.17. The first-order chi connectivity index (χ1) is 11.5. The molecule has 1 amide bonds. The number of hydrogen-bond donors (Lipinski definition) is 0. The maximum atomic E-state index is 12.9. The van der Waals surface area contributed by atoms with Gasteiger partial charge in [0.25, 0.3) is 5.91 Å². The van der Waals surface area contributed by atoms with Crippen molar-refractivity contribution >= 4 is 5.91 Å². The summed E-state index contributed by atoms with van der Waals surface area (Å²) in [6, 6.07) is 7.80. The second-order valence-electron chi connectivity index (χ2n) is 6.80. The summed E-state index contributed by atoms with van der Waals surface area (Å²) < 4.78 is 11.6. The predicted molar refractivity (Wildman–Crippen MR) is 95.4 cm³/mol. The molecule has 1 fully saturated rings. The Balaban J connectivity index is 1.98. The lowest BCUT2D eigenvalue weighted by Gasteiger charge is -2.29. The molecule has 2 atom stereocenters. The standard InChI is InChI=1S/C19H30N2O3/c1-15-7-5-8-17(13-15)24-16(2)19(22)21(11-10-20(3)4)14-18-9-6-12-23-18/h5,7-8,13,16,18H,6,9-12,14H2,1-4H3. The molecule has 24 heavy (non-hydrogen) atoms. The van der Waals surface area contributed by atoms with Crippen LogP contribution in [0.2, 0.25) is 0 Å². The summed E-state index contributed by atoms with van der Waals surface area (Å²) in [4.78, 5) is 16.8. The van der Waals surface area contributed by atoms with Crippen molar-refractivity contribution in [3.05, 3.63) is 29.8 Å². The zero-order chi connectivity index (χ0) is 17.5. The van der Waals surface area contributed by atoms with Crippen molar-refractivity contribution in [2.24, 2.45) is 0 Å². The summed E-state index contributed by atoms with van der Waals surface area (Å²) in [7, 11) is 4.03. The van der Waals surface area contributed by atoms with Gasteiger partial charge in [0, 0.05) is 26.2 Å². The van der Waals surface area contributed by atoms with E-state index >= 15 is 0 Å². The largest absolute Gasteiger partial charge is 0.481 e. The van der Waals surface area contributed by atoms with E-state index < -0.39 is 6.10 Å². The van der Waals surface area contributed by atoms with Gasteiger partial charge in [-0.25, -0.2) is 0 Å². The van der Waals surface area contributed by atoms with Crippen LogP contribution < -0.4 is 4.74 Å². The average Bonchev–Trinajstić information content (AvgIpc) is 3.03. The second-order valence-corrected chi connectivity index (χ2v) is 6.80. The molecule has 134 valence electrons. The van der Waals surface area contributed by atoms with E-state index in [-0.39, 0.29) is 12.0 Å². The van der Waals surface area contributed by atoms with Gasteiger partial charge in [-0.2, -0.15) is 0 Å². The van der Waals surface area contributed by atoms with Crippen molar-refractivity contribution in [2.75, 3.05) is 40.3 Å². The van der Waals surface area contributed by atoms with Crippen LogP contribution >= 0.6 is 0 Å². The molecular weight excluding hydrogens is 304 g/mol. The number of rotatable bonds is 8. The summed E-state index contributed by atoms with van der Waals surface area (Å²) >= 11 is 0. The Kier molecular flexibility index (Phi) is 7.06. The quantitative estimate of drug-likeness (QED) is 0.732. The summed E-state index contributed by atoms with van der Waals surface area (Å²) in [5.74, 6) is 0.759. The number of nitrogens with zero attached hydrogens (tertiary/aromatic N) is 2. The van der Waals surface area contributed by atoms with Crippen LogP contribution in [0.3, 0.4) is 0 Å². The molecule has 0 aliphatic carbocycles. The van der Waals surface area contributed by atoms with Crippen molar-refractivity contribution in [1.29, 1.82) is 0 Å². The van der Waals surface area contributed by atoms with Gasteiger partial charge in [-0.3, -0.25) is 4.79 Å². The van der Waals surface area contributed by atoms with Crippen molar-refractivity contribution in [2.45, 2.75) is 38.9 Å². The number of benzene rings is 1. The molecule has 0 spiro atoms. The van der Waals surface area contributed by atoms with Crippen LogP contribution in [0.4, 0.5) is 0 Å². The Hall–Kier alpha value is -1.59. The van der Waals surface area contributed by atoms with Crippen molar-refractivity contribution in [1.82, 2.24) is 9.80 Å². The van der Waals surface area contributed by atoms with Crippen LogP contribution in [-0.4, -0.2) is 68.3 Å². The Bertz CT molecular complexity index is 527. The van der Waals surface area contributed by atoms with E-state index in [9.17, 15) is 4.79 Å². The van der Waals surface area contributed by atoms with Gasteiger partial charge >= 0.3 is 0 Å². The van der Waals surface area contributed by atoms with Gasteiger partial charge in [0.2, 0.25) is 0 Å². The molecule has 5 nitrogen and oxygen atoms in total. The van der Waals surface area contributed by atoms with Crippen LogP contribution in [0.25, 0.3) is 0 Å². The SMILES string of the molecule is Cc1cccc(OC(C)C(=O)N(CCN(C)C)CC2CCCO2)c1. The highest BCUT2D eigenvalue weighted by molar-refractivity contribution is 5.81. The number of amides is 1. The monoisotopic (exact) mass is 334 g/mol. The van der Waals surface area contributed by atoms with Gasteiger partial charge in [0.05, 0.1) is 6.10 Å². The average molecular weight is 334 g/mol. The minimum atomic E-state index is -0.504. The van der Waals surface area contributed by atoms with E-state index in [1.807, 2.05) is 57.1 Å². The van der Waals surface area contributed by atoms with Gasteiger partial charge in [-0.05, 0) is 58.5 Å². The van der Waals surface area contributed by atoms with Gasteiger partial charge < -0.3 is 19.3 Å². The molecule has 1 heterocycles. The Morgan fingerprint density at radius 3 is 2.79 bits per heavy atom. The first kappa shape index (κ1) is 18.7. The van der Waals surface area contributed by atoms with Crippen LogP contribution in [0.5, 0.6) is 5.75 Å². The lowest BCUT2D eigenvalue weighted by Crippen LogP contribution is -2.46. The summed E-state index contributed by atoms with van der Waals surface area (Å²) in [6.07, 6.45) is 1.76. The zero-order valence-electron chi connectivity index (χ0n) is 15.3. The predicted octanol–water partition coefficient (Wildman–Crippen LogP) is 2.33. The number of likely N-dealkylation sites (N-methyl/N-ethyl adjacent to an activating group) is 1. The Morgan fingerprint density at radius 2 is 2.17 bits per heavy atom. The Morgan fingerprint density at radius 1 is 1.38 bits per heavy atom. The van der Waals surface area contributed by atoms with Gasteiger partial charge in [-0.15, -0.1) is 0 Å². The highest BCUT2D eigenvalue weighted by Gasteiger charge is 2.26. The maximum absolute atomic E-state index is 12.9. The second kappa shape index (κ2) is 9.04. The molecule has 1 aliphatic heterocycles. The third-order valence-electron chi connectivity index (χ3n) is 4.23. The van der Waals surface area contributed by atoms with Crippen LogP contribution in [-0.2, 0) is 9.53 Å². The van der Waals surface area contributed by atoms with Crippen molar-refractivity contribution < 1.29 is 14.3 Å². The fraction of sp³-hybridized carbons (Fsp3) is 0.632. The number of carbonyl (C=O) groups is 1. The minimum Gasteiger partial charge on any atom is -0.481 e. The normalized spacial score (nSPS) is 18.6. The molecule has 1 aromatic rings. The van der Waals surface area contributed by atoms with Crippen molar-refractivity contribution in [3.8, 4) is 5.75 Å². The summed E-state index contributed by atoms with van der Waals surface area (Å²) in [5, 5.41) is 0. The fourth-order valence-corrected chi connectivity index (χ4v) is 2.85. The maximum Gasteiger partial charge on any atom is 0.263 e. The van der Waals surface area contributed by atoms with E-state index in [1.165, 1.54) is 0 Å². The van der Waals surface area contributed by atoms with E-state index in [4.69, 9.17) is 9.47 Å². The van der Waals surface area contributed by atoms with Gasteiger partial charge in [0.1, 0.15) is 5.75 Å². The van der Waals surface area contributed by atoms with Gasteiger partial charge in [-0.1, -0.05) is 12.1 Å². The molecular formula is C19H30N2O3. The molecule has 0 aromatic heterocycles. The number of hydrogen-bond acceptors (Lipinski definition) is 4. The molecule has 0 saturated carbocycles. The van der Waals surface area contributed by atoms with Gasteiger partial charge in [0.15, 0.2) is 6.10 Å². The summed E-state index contributed by atoms with van der Waals surface area (Å²) in [6.45, 7) is 6.80. The molecule has 1 aliphatic rings. The third-order valence-corrected chi connectivity index (χ3v) is 4.23. The van der Waals surface area contributed by atoms with Crippen LogP contribution in [0.15, 0.2) is 24.3 Å². The molecule has 0 N–H and O–H groups in total. The van der Waals surface area contributed by atoms with E-state index in [1.54, 1.807) is 0 Å². The van der Waals surface area contributed by atoms with E-state index in [2.05, 4.69) is 4.90 Å². The lowest BCUT2D eigenvalue weighted by molar-refractivity contribution is -0.139. The zero-order valence-corrected chi connectivity index (χ0v) is 15.3. The van der Waals surface area contributed by atoms with E-state index in [0.717, 1.165) is 37.3 Å². The molecule has 0 radical (unpaired) electrons. The molecule has 0 bridgehead atoms. The lowest BCUT2D eigenvalue weighted by atomic mass is 10.2. The fourth-order valence-electron chi connectivity index (χ4n) is 2.85. The number of aryl methyl sites for hydroxylation is 1. The Labute approximate surface area is 145 Å². The first-order valence-electron chi connectivity index (χ1n) is 8.74. The minimum absolute atomic E-state index is 0.0221. The third kappa shape index (κ3) is 5.80. The van der Waals surface area contributed by atoms with E-state index in [0.29, 0.717) is 13.1 Å². The number of carbonyl (C=O) groups excluding carboxylic acids is 1. The van der Waals surface area contributed by atoms with Crippen LogP contribution in [0.1, 0.15) is 25.3 Å². The molecule has 2 rings (SSSR count). The van der Waals surface area contributed by atoms with Crippen molar-refractivity contribution in [3.63, 3.8) is 0 Å². The summed E-state index contributed by atoms with van der Waals surface area (Å²) in [5.41, 5.74) is 1.12. The number of ether oxygens (including phenoxy) is 2. The first-order valence-corrected chi connectivity index (χ1v) is 8.74. The molecule has 1 aromatic carbocycles. The van der Waals surface area contributed by atoms with Crippen LogP contribution in [0, 0.1) is 6.92 Å². The molecule has 1 saturated heterocycles. The molecule has 2 unspecified atom stereocenters. The smallest absolute Gasteiger partial charge is 0.263 e.